The minimum absolute atomic E-state index is 0.0847. The molecule has 8 nitrogen and oxygen atoms in total. The number of amides is 1. The van der Waals surface area contributed by atoms with Gasteiger partial charge in [0, 0.05) is 38.1 Å². The van der Waals surface area contributed by atoms with Crippen molar-refractivity contribution < 1.29 is 14.7 Å². The fraction of sp³-hybridized carbons (Fsp3) is 0.385. The number of rotatable bonds is 8. The highest BCUT2D eigenvalue weighted by molar-refractivity contribution is 5.85. The number of hydrogen-bond acceptors (Lipinski definition) is 4. The molecule has 2 aromatic rings. The smallest absolute Gasteiger partial charge is 0.354 e. The number of aromatic nitrogens is 4. The van der Waals surface area contributed by atoms with E-state index in [9.17, 15) is 9.59 Å². The molecule has 0 saturated heterocycles. The first kappa shape index (κ1) is 14.8. The second-order valence-electron chi connectivity index (χ2n) is 4.47. The summed E-state index contributed by atoms with van der Waals surface area (Å²) < 4.78 is 3.11. The minimum atomic E-state index is -1.05. The molecular weight excluding hydrogens is 274 g/mol. The fourth-order valence-corrected chi connectivity index (χ4v) is 1.89. The van der Waals surface area contributed by atoms with Crippen LogP contribution in [-0.2, 0) is 17.9 Å². The van der Waals surface area contributed by atoms with E-state index in [0.29, 0.717) is 6.54 Å². The second kappa shape index (κ2) is 7.22. The summed E-state index contributed by atoms with van der Waals surface area (Å²) in [6.07, 6.45) is 5.97. The highest BCUT2D eigenvalue weighted by Gasteiger charge is 2.11. The highest BCUT2D eigenvalue weighted by atomic mass is 16.4. The standard InChI is InChI=1S/C13H17N5O3/c19-12(14-5-1-8-17-9-2-6-15-17)4-10-18-11(13(20)21)3-7-16-18/h2-3,6-7,9H,1,4-5,8,10H2,(H,14,19)(H,20,21). The molecule has 0 aliphatic carbocycles. The zero-order valence-electron chi connectivity index (χ0n) is 11.5. The van der Waals surface area contributed by atoms with Gasteiger partial charge < -0.3 is 10.4 Å². The van der Waals surface area contributed by atoms with Gasteiger partial charge >= 0.3 is 5.97 Å². The summed E-state index contributed by atoms with van der Waals surface area (Å²) >= 11 is 0. The number of carboxylic acid groups (broad SMARTS) is 1. The van der Waals surface area contributed by atoms with Crippen LogP contribution in [0.5, 0.6) is 0 Å². The topological polar surface area (TPSA) is 102 Å². The molecule has 0 unspecified atom stereocenters. The van der Waals surface area contributed by atoms with Crippen molar-refractivity contribution in [3.8, 4) is 0 Å². The van der Waals surface area contributed by atoms with E-state index in [1.54, 1.807) is 10.9 Å². The van der Waals surface area contributed by atoms with Gasteiger partial charge in [0.2, 0.25) is 5.91 Å². The largest absolute Gasteiger partial charge is 0.477 e. The lowest BCUT2D eigenvalue weighted by Crippen LogP contribution is -2.26. The van der Waals surface area contributed by atoms with Crippen LogP contribution in [0.2, 0.25) is 0 Å². The van der Waals surface area contributed by atoms with Crippen molar-refractivity contribution in [3.05, 3.63) is 36.4 Å². The van der Waals surface area contributed by atoms with Crippen molar-refractivity contribution in [1.29, 1.82) is 0 Å². The number of carbonyl (C=O) groups is 2. The minimum Gasteiger partial charge on any atom is -0.477 e. The third-order valence-corrected chi connectivity index (χ3v) is 2.93. The third kappa shape index (κ3) is 4.44. The molecular formula is C13H17N5O3. The molecule has 0 saturated carbocycles. The Balaban J connectivity index is 1.65. The Morgan fingerprint density at radius 2 is 2.10 bits per heavy atom. The Kier molecular flexibility index (Phi) is 5.08. The first-order valence-electron chi connectivity index (χ1n) is 6.66. The van der Waals surface area contributed by atoms with Gasteiger partial charge in [-0.15, -0.1) is 0 Å². The summed E-state index contributed by atoms with van der Waals surface area (Å²) in [5, 5.41) is 19.7. The number of aryl methyl sites for hydroxylation is 2. The van der Waals surface area contributed by atoms with Gasteiger partial charge in [-0.05, 0) is 18.6 Å². The predicted molar refractivity (Wildman–Crippen MR) is 73.7 cm³/mol. The van der Waals surface area contributed by atoms with Crippen LogP contribution in [0.1, 0.15) is 23.3 Å². The summed E-state index contributed by atoms with van der Waals surface area (Å²) in [4.78, 5) is 22.5. The third-order valence-electron chi connectivity index (χ3n) is 2.93. The maximum Gasteiger partial charge on any atom is 0.354 e. The first-order chi connectivity index (χ1) is 10.2. The molecule has 0 spiro atoms. The summed E-state index contributed by atoms with van der Waals surface area (Å²) in [6.45, 7) is 1.55. The lowest BCUT2D eigenvalue weighted by molar-refractivity contribution is -0.121. The zero-order valence-corrected chi connectivity index (χ0v) is 11.5. The van der Waals surface area contributed by atoms with Crippen LogP contribution in [0.3, 0.4) is 0 Å². The molecule has 0 atom stereocenters. The lowest BCUT2D eigenvalue weighted by Gasteiger charge is -2.07. The Labute approximate surface area is 121 Å². The van der Waals surface area contributed by atoms with Crippen LogP contribution >= 0.6 is 0 Å². The highest BCUT2D eigenvalue weighted by Crippen LogP contribution is 2.00. The molecule has 0 aliphatic heterocycles. The second-order valence-corrected chi connectivity index (χ2v) is 4.47. The van der Waals surface area contributed by atoms with Crippen LogP contribution in [0.25, 0.3) is 0 Å². The molecule has 0 bridgehead atoms. The van der Waals surface area contributed by atoms with Gasteiger partial charge in [-0.25, -0.2) is 4.79 Å². The van der Waals surface area contributed by atoms with E-state index >= 15 is 0 Å². The number of carboxylic acids is 1. The van der Waals surface area contributed by atoms with Crippen LogP contribution < -0.4 is 5.32 Å². The van der Waals surface area contributed by atoms with Gasteiger partial charge in [-0.1, -0.05) is 0 Å². The number of hydrogen-bond donors (Lipinski definition) is 2. The Hall–Kier alpha value is -2.64. The molecule has 0 aliphatic rings. The Bertz CT molecular complexity index is 591. The lowest BCUT2D eigenvalue weighted by atomic mass is 10.3. The fourth-order valence-electron chi connectivity index (χ4n) is 1.89. The van der Waals surface area contributed by atoms with Crippen LogP contribution in [0, 0.1) is 0 Å². The summed E-state index contributed by atoms with van der Waals surface area (Å²) in [7, 11) is 0. The van der Waals surface area contributed by atoms with Gasteiger partial charge in [0.25, 0.3) is 0 Å². The molecule has 21 heavy (non-hydrogen) atoms. The molecule has 8 heteroatoms. The summed E-state index contributed by atoms with van der Waals surface area (Å²) in [5.74, 6) is -1.17. The van der Waals surface area contributed by atoms with Crippen LogP contribution in [0.15, 0.2) is 30.7 Å². The van der Waals surface area contributed by atoms with Crippen molar-refractivity contribution in [1.82, 2.24) is 24.9 Å². The van der Waals surface area contributed by atoms with Crippen molar-refractivity contribution in [2.45, 2.75) is 25.9 Å². The van der Waals surface area contributed by atoms with Crippen LogP contribution in [0.4, 0.5) is 0 Å². The normalized spacial score (nSPS) is 10.5. The van der Waals surface area contributed by atoms with E-state index in [0.717, 1.165) is 13.0 Å². The van der Waals surface area contributed by atoms with E-state index in [4.69, 9.17) is 5.11 Å². The predicted octanol–water partition coefficient (Wildman–Crippen LogP) is 0.374. The van der Waals surface area contributed by atoms with Crippen LogP contribution in [-0.4, -0.2) is 43.1 Å². The van der Waals surface area contributed by atoms with Gasteiger partial charge in [-0.3, -0.25) is 14.2 Å². The van der Waals surface area contributed by atoms with Gasteiger partial charge in [0.15, 0.2) is 0 Å². The average molecular weight is 291 g/mol. The maximum atomic E-state index is 11.7. The molecule has 112 valence electrons. The van der Waals surface area contributed by atoms with Gasteiger partial charge in [-0.2, -0.15) is 10.2 Å². The van der Waals surface area contributed by atoms with Crippen molar-refractivity contribution >= 4 is 11.9 Å². The molecule has 0 aromatic carbocycles. The monoisotopic (exact) mass is 291 g/mol. The number of nitrogens with one attached hydrogen (secondary N) is 1. The van der Waals surface area contributed by atoms with Gasteiger partial charge in [0.1, 0.15) is 5.69 Å². The molecule has 1 amide bonds. The molecule has 0 radical (unpaired) electrons. The van der Waals surface area contributed by atoms with E-state index < -0.39 is 5.97 Å². The first-order valence-corrected chi connectivity index (χ1v) is 6.66. The van der Waals surface area contributed by atoms with Crippen molar-refractivity contribution in [2.24, 2.45) is 0 Å². The summed E-state index contributed by atoms with van der Waals surface area (Å²) in [6, 6.07) is 3.26. The molecule has 2 heterocycles. The van der Waals surface area contributed by atoms with E-state index in [2.05, 4.69) is 15.5 Å². The van der Waals surface area contributed by atoms with Crippen molar-refractivity contribution in [2.75, 3.05) is 6.54 Å². The van der Waals surface area contributed by atoms with E-state index in [1.807, 2.05) is 12.3 Å². The summed E-state index contributed by atoms with van der Waals surface area (Å²) in [5.41, 5.74) is 0.0847. The SMILES string of the molecule is O=C(CCn1nccc1C(=O)O)NCCCn1cccn1. The maximum absolute atomic E-state index is 11.7. The van der Waals surface area contributed by atoms with Gasteiger partial charge in [0.05, 0.1) is 6.54 Å². The number of aromatic carboxylic acids is 1. The quantitative estimate of drug-likeness (QED) is 0.684. The van der Waals surface area contributed by atoms with E-state index in [-0.39, 0.29) is 24.6 Å². The molecule has 2 rings (SSSR count). The zero-order chi connectivity index (χ0) is 15.1. The Morgan fingerprint density at radius 1 is 1.24 bits per heavy atom. The Morgan fingerprint density at radius 3 is 2.81 bits per heavy atom. The van der Waals surface area contributed by atoms with E-state index in [1.165, 1.54) is 16.9 Å². The number of carbonyl (C=O) groups excluding carboxylic acids is 1. The number of nitrogens with zero attached hydrogens (tertiary/aromatic N) is 4. The molecule has 2 aromatic heterocycles. The molecule has 0 fully saturated rings. The molecule has 2 N–H and O–H groups in total. The van der Waals surface area contributed by atoms with Crippen molar-refractivity contribution in [3.63, 3.8) is 0 Å². The average Bonchev–Trinajstić information content (AvgIpc) is 3.12.